The Balaban J connectivity index is 1.83. The lowest BCUT2D eigenvalue weighted by atomic mass is 10.1. The topological polar surface area (TPSA) is 47.0 Å². The van der Waals surface area contributed by atoms with Gasteiger partial charge in [-0.25, -0.2) is 4.98 Å². The summed E-state index contributed by atoms with van der Waals surface area (Å²) in [6.45, 7) is 18.3. The molecular weight excluding hydrogens is 344 g/mol. The van der Waals surface area contributed by atoms with Gasteiger partial charge < -0.3 is 20.0 Å². The number of rotatable bonds is 8. The Hall–Kier alpha value is -1.18. The molecule has 2 rings (SSSR count). The minimum Gasteiger partial charge on any atom is -0.357 e. The monoisotopic (exact) mass is 380 g/mol. The summed E-state index contributed by atoms with van der Waals surface area (Å²) in [7, 11) is 2.09. The maximum absolute atomic E-state index is 4.88. The van der Waals surface area contributed by atoms with Gasteiger partial charge in [0.05, 0.1) is 17.2 Å². The first-order valence-electron chi connectivity index (χ1n) is 9.87. The van der Waals surface area contributed by atoms with Crippen LogP contribution in [0.1, 0.15) is 31.5 Å². The normalized spacial score (nSPS) is 18.1. The average Bonchev–Trinajstić information content (AvgIpc) is 3.04. The fraction of sp³-hybridized carbons (Fsp3) is 0.789. The van der Waals surface area contributed by atoms with Crippen LogP contribution in [0.25, 0.3) is 0 Å². The van der Waals surface area contributed by atoms with Crippen molar-refractivity contribution >= 4 is 17.3 Å². The lowest BCUT2D eigenvalue weighted by Gasteiger charge is -2.35. The van der Waals surface area contributed by atoms with E-state index >= 15 is 0 Å². The van der Waals surface area contributed by atoms with E-state index in [9.17, 15) is 0 Å². The summed E-state index contributed by atoms with van der Waals surface area (Å²) in [5.74, 6) is 1.53. The van der Waals surface area contributed by atoms with Crippen molar-refractivity contribution in [1.82, 2.24) is 25.0 Å². The first-order valence-corrected chi connectivity index (χ1v) is 10.7. The van der Waals surface area contributed by atoms with Crippen LogP contribution < -0.4 is 5.32 Å². The molecule has 0 saturated carbocycles. The van der Waals surface area contributed by atoms with Crippen LogP contribution in [0, 0.1) is 12.8 Å². The fourth-order valence-electron chi connectivity index (χ4n) is 3.30. The van der Waals surface area contributed by atoms with E-state index in [-0.39, 0.29) is 0 Å². The highest BCUT2D eigenvalue weighted by atomic mass is 32.1. The van der Waals surface area contributed by atoms with Crippen molar-refractivity contribution in [3.63, 3.8) is 0 Å². The van der Waals surface area contributed by atoms with E-state index < -0.39 is 0 Å². The molecule has 2 heterocycles. The van der Waals surface area contributed by atoms with Crippen molar-refractivity contribution in [3.05, 3.63) is 16.1 Å². The van der Waals surface area contributed by atoms with E-state index in [1.807, 2.05) is 0 Å². The van der Waals surface area contributed by atoms with E-state index in [4.69, 9.17) is 4.99 Å². The van der Waals surface area contributed by atoms with Gasteiger partial charge in [0.25, 0.3) is 0 Å². The molecule has 1 aromatic heterocycles. The number of hydrogen-bond acceptors (Lipinski definition) is 5. The molecule has 1 aliphatic heterocycles. The molecule has 148 valence electrons. The molecule has 26 heavy (non-hydrogen) atoms. The van der Waals surface area contributed by atoms with Crippen LogP contribution in [0.4, 0.5) is 0 Å². The Morgan fingerprint density at radius 1 is 1.31 bits per heavy atom. The highest BCUT2D eigenvalue weighted by Crippen LogP contribution is 2.10. The van der Waals surface area contributed by atoms with Gasteiger partial charge in [-0.3, -0.25) is 4.99 Å². The largest absolute Gasteiger partial charge is 0.357 e. The van der Waals surface area contributed by atoms with E-state index in [1.54, 1.807) is 11.3 Å². The van der Waals surface area contributed by atoms with Gasteiger partial charge in [0.1, 0.15) is 0 Å². The second kappa shape index (κ2) is 10.8. The minimum absolute atomic E-state index is 0.562. The zero-order valence-electron chi connectivity index (χ0n) is 17.2. The molecule has 0 aliphatic carbocycles. The molecule has 0 bridgehead atoms. The molecule has 1 saturated heterocycles. The Labute approximate surface area is 163 Å². The van der Waals surface area contributed by atoms with Gasteiger partial charge >= 0.3 is 0 Å². The third-order valence-corrected chi connectivity index (χ3v) is 5.62. The number of aromatic nitrogens is 1. The van der Waals surface area contributed by atoms with E-state index in [0.29, 0.717) is 5.92 Å². The fourth-order valence-corrected chi connectivity index (χ4v) is 3.90. The number of likely N-dealkylation sites (N-methyl/N-ethyl adjacent to an activating group) is 1. The van der Waals surface area contributed by atoms with Crippen LogP contribution in [0.3, 0.4) is 0 Å². The highest BCUT2D eigenvalue weighted by Gasteiger charge is 2.17. The number of thiazole rings is 1. The number of nitrogens with one attached hydrogen (secondary N) is 1. The molecular formula is C19H36N6S. The van der Waals surface area contributed by atoms with Crippen molar-refractivity contribution in [2.45, 2.75) is 34.2 Å². The molecule has 1 aromatic rings. The Morgan fingerprint density at radius 2 is 2.00 bits per heavy atom. The molecule has 1 unspecified atom stereocenters. The highest BCUT2D eigenvalue weighted by molar-refractivity contribution is 7.09. The van der Waals surface area contributed by atoms with Crippen LogP contribution >= 0.6 is 11.3 Å². The third kappa shape index (κ3) is 6.85. The third-order valence-electron chi connectivity index (χ3n) is 4.80. The quantitative estimate of drug-likeness (QED) is 0.553. The zero-order chi connectivity index (χ0) is 18.9. The number of hydrogen-bond donors (Lipinski definition) is 1. The summed E-state index contributed by atoms with van der Waals surface area (Å²) in [6.07, 6.45) is 0. The molecule has 0 amide bonds. The zero-order valence-corrected chi connectivity index (χ0v) is 18.0. The van der Waals surface area contributed by atoms with Gasteiger partial charge in [-0.1, -0.05) is 13.8 Å². The Morgan fingerprint density at radius 3 is 2.58 bits per heavy atom. The van der Waals surface area contributed by atoms with Crippen molar-refractivity contribution in [1.29, 1.82) is 0 Å². The maximum atomic E-state index is 4.88. The van der Waals surface area contributed by atoms with Crippen molar-refractivity contribution < 1.29 is 0 Å². The second-order valence-corrected chi connectivity index (χ2v) is 8.31. The van der Waals surface area contributed by atoms with Crippen LogP contribution in [-0.2, 0) is 6.54 Å². The molecule has 1 atom stereocenters. The molecule has 1 fully saturated rings. The first kappa shape index (κ1) is 21.1. The lowest BCUT2D eigenvalue weighted by molar-refractivity contribution is 0.125. The standard InChI is InChI=1S/C19H36N6S/c1-6-20-19(23(5)14-18-15-26-17(4)22-18)21-12-16(3)13-25-10-8-24(7-2)9-11-25/h15-16H,6-14H2,1-5H3,(H,20,21). The molecule has 7 heteroatoms. The molecule has 0 spiro atoms. The smallest absolute Gasteiger partial charge is 0.194 e. The van der Waals surface area contributed by atoms with Crippen molar-refractivity contribution in [2.75, 3.05) is 59.4 Å². The number of nitrogens with zero attached hydrogens (tertiary/aromatic N) is 5. The maximum Gasteiger partial charge on any atom is 0.194 e. The SMILES string of the molecule is CCNC(=NCC(C)CN1CCN(CC)CC1)N(C)Cc1csc(C)n1. The summed E-state index contributed by atoms with van der Waals surface area (Å²) in [6, 6.07) is 0. The summed E-state index contributed by atoms with van der Waals surface area (Å²) >= 11 is 1.70. The number of aliphatic imine (C=N–C) groups is 1. The van der Waals surface area contributed by atoms with Gasteiger partial charge in [0.2, 0.25) is 0 Å². The van der Waals surface area contributed by atoms with Crippen LogP contribution in [0.2, 0.25) is 0 Å². The first-order chi connectivity index (χ1) is 12.5. The Bertz CT molecular complexity index is 550. The van der Waals surface area contributed by atoms with Crippen LogP contribution in [0.15, 0.2) is 10.4 Å². The lowest BCUT2D eigenvalue weighted by Crippen LogP contribution is -2.47. The molecule has 6 nitrogen and oxygen atoms in total. The van der Waals surface area contributed by atoms with Crippen LogP contribution in [0.5, 0.6) is 0 Å². The van der Waals surface area contributed by atoms with Crippen LogP contribution in [-0.4, -0.2) is 85.0 Å². The van der Waals surface area contributed by atoms with Gasteiger partial charge in [0.15, 0.2) is 5.96 Å². The Kier molecular flexibility index (Phi) is 8.81. The number of piperazine rings is 1. The van der Waals surface area contributed by atoms with Gasteiger partial charge in [0, 0.05) is 58.2 Å². The average molecular weight is 381 g/mol. The second-order valence-electron chi connectivity index (χ2n) is 7.25. The minimum atomic E-state index is 0.562. The molecule has 1 N–H and O–H groups in total. The number of aryl methyl sites for hydroxylation is 1. The van der Waals surface area contributed by atoms with Crippen molar-refractivity contribution in [2.24, 2.45) is 10.9 Å². The van der Waals surface area contributed by atoms with Crippen molar-refractivity contribution in [3.8, 4) is 0 Å². The molecule has 0 radical (unpaired) electrons. The summed E-state index contributed by atoms with van der Waals surface area (Å²) in [5.41, 5.74) is 1.11. The predicted octanol–water partition coefficient (Wildman–Crippen LogP) is 2.12. The van der Waals surface area contributed by atoms with Gasteiger partial charge in [-0.2, -0.15) is 0 Å². The summed E-state index contributed by atoms with van der Waals surface area (Å²) < 4.78 is 0. The van der Waals surface area contributed by atoms with Gasteiger partial charge in [-0.05, 0) is 26.3 Å². The predicted molar refractivity (Wildman–Crippen MR) is 112 cm³/mol. The summed E-state index contributed by atoms with van der Waals surface area (Å²) in [4.78, 5) is 16.7. The molecule has 0 aromatic carbocycles. The number of guanidine groups is 1. The van der Waals surface area contributed by atoms with E-state index in [1.165, 1.54) is 32.7 Å². The van der Waals surface area contributed by atoms with E-state index in [2.05, 4.69) is 65.1 Å². The van der Waals surface area contributed by atoms with E-state index in [0.717, 1.165) is 42.8 Å². The summed E-state index contributed by atoms with van der Waals surface area (Å²) in [5, 5.41) is 6.66. The molecule has 1 aliphatic rings. The van der Waals surface area contributed by atoms with Gasteiger partial charge in [-0.15, -0.1) is 11.3 Å².